The number of nitro groups is 1. The highest BCUT2D eigenvalue weighted by Gasteiger charge is 2.17. The van der Waals surface area contributed by atoms with Crippen LogP contribution in [-0.4, -0.2) is 22.9 Å². The molecule has 2 aromatic rings. The fourth-order valence-corrected chi connectivity index (χ4v) is 2.79. The van der Waals surface area contributed by atoms with E-state index in [9.17, 15) is 10.1 Å². The summed E-state index contributed by atoms with van der Waals surface area (Å²) >= 11 is 0. The second-order valence-corrected chi connectivity index (χ2v) is 5.78. The normalized spacial score (nSPS) is 14.2. The fraction of sp³-hybridized carbons (Fsp3) is 0.263. The van der Waals surface area contributed by atoms with Crippen molar-refractivity contribution in [2.75, 3.05) is 13.1 Å². The average molecular weight is 324 g/mol. The van der Waals surface area contributed by atoms with E-state index in [4.69, 9.17) is 4.74 Å². The van der Waals surface area contributed by atoms with Gasteiger partial charge in [-0.15, -0.1) is 0 Å². The molecule has 0 saturated carbocycles. The molecule has 24 heavy (non-hydrogen) atoms. The van der Waals surface area contributed by atoms with Crippen LogP contribution < -0.4 is 4.74 Å². The Morgan fingerprint density at radius 1 is 1.08 bits per heavy atom. The van der Waals surface area contributed by atoms with Crippen molar-refractivity contribution in [3.8, 4) is 5.75 Å². The third-order valence-electron chi connectivity index (χ3n) is 4.07. The summed E-state index contributed by atoms with van der Waals surface area (Å²) in [4.78, 5) is 13.2. The molecule has 0 bridgehead atoms. The van der Waals surface area contributed by atoms with Crippen LogP contribution in [-0.2, 0) is 6.61 Å². The van der Waals surface area contributed by atoms with Gasteiger partial charge in [0.1, 0.15) is 12.4 Å². The van der Waals surface area contributed by atoms with E-state index in [1.807, 2.05) is 36.5 Å². The second kappa shape index (κ2) is 7.64. The number of hydrogen-bond acceptors (Lipinski definition) is 4. The smallest absolute Gasteiger partial charge is 0.280 e. The maximum Gasteiger partial charge on any atom is 0.280 e. The number of benzene rings is 2. The maximum atomic E-state index is 11.3. The highest BCUT2D eigenvalue weighted by Crippen LogP contribution is 2.30. The Balaban J connectivity index is 1.84. The molecule has 1 aliphatic heterocycles. The molecule has 0 amide bonds. The minimum Gasteiger partial charge on any atom is -0.488 e. The van der Waals surface area contributed by atoms with Crippen LogP contribution in [0.1, 0.15) is 24.0 Å². The Labute approximate surface area is 141 Å². The van der Waals surface area contributed by atoms with Gasteiger partial charge in [0.15, 0.2) is 0 Å². The standard InChI is InChI=1S/C19H20N2O3/c22-21(23)18-9-6-10-19(24-15-16-7-2-1-3-8-16)17(18)11-14-20-12-4-5-13-20/h1-3,6-11,14H,4-5,12-13,15H2/b14-11-. The first kappa shape index (κ1) is 16.1. The van der Waals surface area contributed by atoms with Gasteiger partial charge in [0.05, 0.1) is 10.5 Å². The molecule has 1 heterocycles. The van der Waals surface area contributed by atoms with Gasteiger partial charge in [-0.2, -0.15) is 0 Å². The summed E-state index contributed by atoms with van der Waals surface area (Å²) in [5.41, 5.74) is 1.61. The van der Waals surface area contributed by atoms with E-state index in [2.05, 4.69) is 4.90 Å². The molecule has 0 spiro atoms. The third kappa shape index (κ3) is 3.93. The van der Waals surface area contributed by atoms with Crippen molar-refractivity contribution in [1.29, 1.82) is 0 Å². The fourth-order valence-electron chi connectivity index (χ4n) is 2.79. The Morgan fingerprint density at radius 3 is 2.54 bits per heavy atom. The molecule has 1 aliphatic rings. The van der Waals surface area contributed by atoms with Crippen LogP contribution in [0.2, 0.25) is 0 Å². The zero-order valence-corrected chi connectivity index (χ0v) is 13.4. The van der Waals surface area contributed by atoms with Gasteiger partial charge in [0.25, 0.3) is 5.69 Å². The SMILES string of the molecule is O=[N+]([O-])c1cccc(OCc2ccccc2)c1/C=C\N1CCCC1. The summed E-state index contributed by atoms with van der Waals surface area (Å²) in [6, 6.07) is 14.7. The van der Waals surface area contributed by atoms with Gasteiger partial charge >= 0.3 is 0 Å². The number of likely N-dealkylation sites (tertiary alicyclic amines) is 1. The highest BCUT2D eigenvalue weighted by atomic mass is 16.6. The largest absolute Gasteiger partial charge is 0.488 e. The van der Waals surface area contributed by atoms with E-state index in [0.717, 1.165) is 18.7 Å². The molecule has 5 nitrogen and oxygen atoms in total. The lowest BCUT2D eigenvalue weighted by atomic mass is 10.1. The molecule has 3 rings (SSSR count). The van der Waals surface area contributed by atoms with Gasteiger partial charge in [-0.3, -0.25) is 10.1 Å². The monoisotopic (exact) mass is 324 g/mol. The molecule has 0 atom stereocenters. The Morgan fingerprint density at radius 2 is 1.83 bits per heavy atom. The highest BCUT2D eigenvalue weighted by molar-refractivity contribution is 5.67. The van der Waals surface area contributed by atoms with Gasteiger partial charge in [-0.25, -0.2) is 0 Å². The van der Waals surface area contributed by atoms with Crippen molar-refractivity contribution < 1.29 is 9.66 Å². The summed E-state index contributed by atoms with van der Waals surface area (Å²) in [7, 11) is 0. The average Bonchev–Trinajstić information content (AvgIpc) is 3.12. The van der Waals surface area contributed by atoms with Crippen LogP contribution >= 0.6 is 0 Å². The predicted molar refractivity (Wildman–Crippen MR) is 93.7 cm³/mol. The minimum absolute atomic E-state index is 0.0657. The third-order valence-corrected chi connectivity index (χ3v) is 4.07. The van der Waals surface area contributed by atoms with Crippen LogP contribution in [0.5, 0.6) is 5.75 Å². The molecule has 1 saturated heterocycles. The first-order valence-corrected chi connectivity index (χ1v) is 8.10. The number of ether oxygens (including phenoxy) is 1. The van der Waals surface area contributed by atoms with E-state index < -0.39 is 0 Å². The second-order valence-electron chi connectivity index (χ2n) is 5.78. The first-order valence-electron chi connectivity index (χ1n) is 8.10. The maximum absolute atomic E-state index is 11.3. The molecule has 0 N–H and O–H groups in total. The number of nitro benzene ring substituents is 1. The number of nitrogens with zero attached hydrogens (tertiary/aromatic N) is 2. The first-order chi connectivity index (χ1) is 11.7. The molecule has 2 aromatic carbocycles. The van der Waals surface area contributed by atoms with E-state index in [-0.39, 0.29) is 10.6 Å². The summed E-state index contributed by atoms with van der Waals surface area (Å²) in [6.07, 6.45) is 6.06. The molecular formula is C19H20N2O3. The number of hydrogen-bond donors (Lipinski definition) is 0. The number of rotatable bonds is 6. The van der Waals surface area contributed by atoms with Crippen LogP contribution in [0.3, 0.4) is 0 Å². The minimum atomic E-state index is -0.362. The van der Waals surface area contributed by atoms with Crippen LogP contribution in [0.15, 0.2) is 54.7 Å². The van der Waals surface area contributed by atoms with E-state index in [0.29, 0.717) is 17.9 Å². The van der Waals surface area contributed by atoms with Crippen molar-refractivity contribution in [3.63, 3.8) is 0 Å². The Hall–Kier alpha value is -2.82. The molecule has 1 fully saturated rings. The lowest BCUT2D eigenvalue weighted by molar-refractivity contribution is -0.385. The van der Waals surface area contributed by atoms with Crippen molar-refractivity contribution >= 4 is 11.8 Å². The van der Waals surface area contributed by atoms with Gasteiger partial charge in [-0.1, -0.05) is 36.4 Å². The molecule has 0 radical (unpaired) electrons. The van der Waals surface area contributed by atoms with Crippen molar-refractivity contribution in [2.24, 2.45) is 0 Å². The van der Waals surface area contributed by atoms with E-state index >= 15 is 0 Å². The quantitative estimate of drug-likeness (QED) is 0.589. The van der Waals surface area contributed by atoms with Gasteiger partial charge < -0.3 is 9.64 Å². The molecule has 0 unspecified atom stereocenters. The summed E-state index contributed by atoms with van der Waals surface area (Å²) in [5, 5.41) is 11.3. The lowest BCUT2D eigenvalue weighted by Gasteiger charge is -2.12. The summed E-state index contributed by atoms with van der Waals surface area (Å²) < 4.78 is 5.86. The molecule has 0 aromatic heterocycles. The van der Waals surface area contributed by atoms with Crippen molar-refractivity contribution in [1.82, 2.24) is 4.90 Å². The van der Waals surface area contributed by atoms with Gasteiger partial charge in [-0.05, 0) is 36.7 Å². The van der Waals surface area contributed by atoms with Crippen LogP contribution in [0.4, 0.5) is 5.69 Å². The molecule has 5 heteroatoms. The zero-order chi connectivity index (χ0) is 16.8. The Kier molecular flexibility index (Phi) is 5.11. The van der Waals surface area contributed by atoms with E-state index in [1.165, 1.54) is 18.9 Å². The topological polar surface area (TPSA) is 55.6 Å². The lowest BCUT2D eigenvalue weighted by Crippen LogP contribution is -2.10. The summed E-state index contributed by atoms with van der Waals surface area (Å²) in [6.45, 7) is 2.38. The van der Waals surface area contributed by atoms with Crippen molar-refractivity contribution in [3.05, 3.63) is 76.0 Å². The van der Waals surface area contributed by atoms with Crippen molar-refractivity contribution in [2.45, 2.75) is 19.4 Å². The van der Waals surface area contributed by atoms with Crippen LogP contribution in [0, 0.1) is 10.1 Å². The summed E-state index contributed by atoms with van der Waals surface area (Å²) in [5.74, 6) is 0.531. The Bertz CT molecular complexity index is 723. The zero-order valence-electron chi connectivity index (χ0n) is 13.4. The van der Waals surface area contributed by atoms with Gasteiger partial charge in [0.2, 0.25) is 0 Å². The molecule has 124 valence electrons. The van der Waals surface area contributed by atoms with E-state index in [1.54, 1.807) is 18.2 Å². The van der Waals surface area contributed by atoms with Gasteiger partial charge in [0, 0.05) is 19.2 Å². The molecule has 0 aliphatic carbocycles. The predicted octanol–water partition coefficient (Wildman–Crippen LogP) is 4.24. The molecular weight excluding hydrogens is 304 g/mol. The van der Waals surface area contributed by atoms with Crippen LogP contribution in [0.25, 0.3) is 6.08 Å².